The Bertz CT molecular complexity index is 1550. The molecule has 0 radical (unpaired) electrons. The van der Waals surface area contributed by atoms with E-state index in [0.29, 0.717) is 0 Å². The van der Waals surface area contributed by atoms with Gasteiger partial charge in [-0.05, 0) is 76.1 Å². The third-order valence-corrected chi connectivity index (χ3v) is 9.30. The van der Waals surface area contributed by atoms with Crippen molar-refractivity contribution in [2.75, 3.05) is 18.0 Å². The molecule has 3 heterocycles. The normalized spacial score (nSPS) is 20.9. The first-order valence-corrected chi connectivity index (χ1v) is 13.1. The molecular formula is C30H29N3S. The van der Waals surface area contributed by atoms with Gasteiger partial charge in [-0.1, -0.05) is 50.8 Å². The molecule has 4 heteroatoms. The SMILES string of the molecule is C=C1Cc2c(cc3c4c2C(C)(C)CCN4CCC3N)C=C1c1nc2ccc3ccccc3c2s1. The molecule has 0 spiro atoms. The molecule has 1 aliphatic carbocycles. The Morgan fingerprint density at radius 1 is 1.15 bits per heavy atom. The number of nitrogens with zero attached hydrogens (tertiary/aromatic N) is 2. The van der Waals surface area contributed by atoms with Crippen molar-refractivity contribution in [1.29, 1.82) is 0 Å². The molecule has 0 saturated heterocycles. The summed E-state index contributed by atoms with van der Waals surface area (Å²) in [6.45, 7) is 11.6. The second kappa shape index (κ2) is 7.03. The fourth-order valence-corrected chi connectivity index (χ4v) is 7.47. The molecule has 170 valence electrons. The van der Waals surface area contributed by atoms with Crippen LogP contribution >= 0.6 is 11.3 Å². The number of hydrogen-bond acceptors (Lipinski definition) is 4. The Labute approximate surface area is 204 Å². The van der Waals surface area contributed by atoms with Crippen molar-refractivity contribution in [2.24, 2.45) is 5.73 Å². The number of anilines is 1. The predicted molar refractivity (Wildman–Crippen MR) is 146 cm³/mol. The van der Waals surface area contributed by atoms with Gasteiger partial charge in [0.2, 0.25) is 0 Å². The number of hydrogen-bond donors (Lipinski definition) is 1. The van der Waals surface area contributed by atoms with E-state index in [1.807, 2.05) is 0 Å². The van der Waals surface area contributed by atoms with Gasteiger partial charge in [-0.3, -0.25) is 0 Å². The van der Waals surface area contributed by atoms with E-state index >= 15 is 0 Å². The minimum Gasteiger partial charge on any atom is -0.371 e. The van der Waals surface area contributed by atoms with Crippen LogP contribution in [0.25, 0.3) is 32.6 Å². The number of nitrogens with two attached hydrogens (primary N) is 1. The van der Waals surface area contributed by atoms with Gasteiger partial charge in [0, 0.05) is 35.8 Å². The molecule has 0 saturated carbocycles. The van der Waals surface area contributed by atoms with Crippen molar-refractivity contribution >= 4 is 49.7 Å². The third-order valence-electron chi connectivity index (χ3n) is 8.16. The zero-order valence-electron chi connectivity index (χ0n) is 19.8. The highest BCUT2D eigenvalue weighted by atomic mass is 32.1. The molecule has 2 N–H and O–H groups in total. The van der Waals surface area contributed by atoms with Crippen LogP contribution in [-0.4, -0.2) is 18.1 Å². The van der Waals surface area contributed by atoms with Gasteiger partial charge in [-0.2, -0.15) is 0 Å². The second-order valence-electron chi connectivity index (χ2n) is 10.8. The maximum absolute atomic E-state index is 6.68. The lowest BCUT2D eigenvalue weighted by atomic mass is 9.69. The fourth-order valence-electron chi connectivity index (χ4n) is 6.30. The minimum atomic E-state index is 0.111. The number of fused-ring (bicyclic) bond motifs is 5. The van der Waals surface area contributed by atoms with E-state index in [2.05, 4.69) is 73.9 Å². The second-order valence-corrected chi connectivity index (χ2v) is 11.8. The van der Waals surface area contributed by atoms with E-state index in [1.54, 1.807) is 11.3 Å². The quantitative estimate of drug-likeness (QED) is 0.331. The number of aromatic nitrogens is 1. The summed E-state index contributed by atoms with van der Waals surface area (Å²) in [6.07, 6.45) is 5.43. The van der Waals surface area contributed by atoms with Crippen LogP contribution in [0.2, 0.25) is 0 Å². The molecule has 7 rings (SSSR count). The van der Waals surface area contributed by atoms with Crippen LogP contribution in [-0.2, 0) is 11.8 Å². The molecular weight excluding hydrogens is 434 g/mol. The van der Waals surface area contributed by atoms with Gasteiger partial charge in [0.15, 0.2) is 0 Å². The van der Waals surface area contributed by atoms with E-state index in [0.717, 1.165) is 36.5 Å². The first-order valence-electron chi connectivity index (χ1n) is 12.3. The van der Waals surface area contributed by atoms with Crippen LogP contribution in [0.5, 0.6) is 0 Å². The molecule has 2 aliphatic heterocycles. The van der Waals surface area contributed by atoms with Gasteiger partial charge in [-0.15, -0.1) is 11.3 Å². The third kappa shape index (κ3) is 2.82. The summed E-state index contributed by atoms with van der Waals surface area (Å²) in [5, 5.41) is 3.61. The summed E-state index contributed by atoms with van der Waals surface area (Å²) in [6, 6.07) is 15.4. The van der Waals surface area contributed by atoms with E-state index in [-0.39, 0.29) is 11.5 Å². The Balaban J connectivity index is 1.45. The highest BCUT2D eigenvalue weighted by Gasteiger charge is 2.39. The van der Waals surface area contributed by atoms with Crippen LogP contribution in [0.15, 0.2) is 54.6 Å². The number of allylic oxidation sites excluding steroid dienone is 2. The topological polar surface area (TPSA) is 42.1 Å². The Morgan fingerprint density at radius 2 is 2.00 bits per heavy atom. The average molecular weight is 464 g/mol. The zero-order chi connectivity index (χ0) is 23.2. The first-order chi connectivity index (χ1) is 16.4. The summed E-state index contributed by atoms with van der Waals surface area (Å²) in [5.74, 6) is 0. The van der Waals surface area contributed by atoms with E-state index in [4.69, 9.17) is 10.7 Å². The van der Waals surface area contributed by atoms with E-state index in [9.17, 15) is 0 Å². The molecule has 1 atom stereocenters. The molecule has 4 aromatic rings. The fraction of sp³-hybridized carbons (Fsp3) is 0.300. The van der Waals surface area contributed by atoms with Crippen molar-refractivity contribution in [3.05, 3.63) is 81.9 Å². The Morgan fingerprint density at radius 3 is 2.88 bits per heavy atom. The number of benzene rings is 3. The lowest BCUT2D eigenvalue weighted by molar-refractivity contribution is 0.433. The zero-order valence-corrected chi connectivity index (χ0v) is 20.6. The van der Waals surface area contributed by atoms with Crippen LogP contribution in [0.3, 0.4) is 0 Å². The van der Waals surface area contributed by atoms with Gasteiger partial charge in [0.1, 0.15) is 5.01 Å². The largest absolute Gasteiger partial charge is 0.371 e. The van der Waals surface area contributed by atoms with Crippen LogP contribution in [0.4, 0.5) is 5.69 Å². The summed E-state index contributed by atoms with van der Waals surface area (Å²) >= 11 is 1.79. The summed E-state index contributed by atoms with van der Waals surface area (Å²) in [4.78, 5) is 7.65. The minimum absolute atomic E-state index is 0.111. The van der Waals surface area contributed by atoms with Crippen LogP contribution in [0.1, 0.15) is 60.0 Å². The molecule has 0 bridgehead atoms. The van der Waals surface area contributed by atoms with E-state index in [1.165, 1.54) is 61.0 Å². The monoisotopic (exact) mass is 463 g/mol. The van der Waals surface area contributed by atoms with Crippen molar-refractivity contribution in [3.63, 3.8) is 0 Å². The van der Waals surface area contributed by atoms with Crippen LogP contribution < -0.4 is 10.6 Å². The van der Waals surface area contributed by atoms with Gasteiger partial charge >= 0.3 is 0 Å². The predicted octanol–water partition coefficient (Wildman–Crippen LogP) is 6.99. The first kappa shape index (κ1) is 20.4. The summed E-state index contributed by atoms with van der Waals surface area (Å²) in [7, 11) is 0. The molecule has 0 amide bonds. The van der Waals surface area contributed by atoms with Gasteiger partial charge in [-0.25, -0.2) is 4.98 Å². The smallest absolute Gasteiger partial charge is 0.124 e. The van der Waals surface area contributed by atoms with Gasteiger partial charge in [0.25, 0.3) is 0 Å². The number of thiazole rings is 1. The molecule has 3 aliphatic rings. The average Bonchev–Trinajstić information content (AvgIpc) is 3.26. The summed E-state index contributed by atoms with van der Waals surface area (Å²) in [5.41, 5.74) is 17.2. The van der Waals surface area contributed by atoms with Gasteiger partial charge in [0.05, 0.1) is 10.2 Å². The molecule has 1 unspecified atom stereocenters. The van der Waals surface area contributed by atoms with Crippen molar-refractivity contribution in [3.8, 4) is 0 Å². The molecule has 0 fully saturated rings. The highest BCUT2D eigenvalue weighted by Crippen LogP contribution is 2.51. The maximum atomic E-state index is 6.68. The maximum Gasteiger partial charge on any atom is 0.124 e. The van der Waals surface area contributed by atoms with Crippen molar-refractivity contribution in [1.82, 2.24) is 4.98 Å². The molecule has 3 aromatic carbocycles. The lowest BCUT2D eigenvalue weighted by Gasteiger charge is -2.47. The molecule has 3 nitrogen and oxygen atoms in total. The Hall–Kier alpha value is -2.95. The molecule has 34 heavy (non-hydrogen) atoms. The number of rotatable bonds is 1. The molecule has 1 aromatic heterocycles. The van der Waals surface area contributed by atoms with Gasteiger partial charge < -0.3 is 10.6 Å². The van der Waals surface area contributed by atoms with Crippen LogP contribution in [0, 0.1) is 0 Å². The van der Waals surface area contributed by atoms with E-state index < -0.39 is 0 Å². The summed E-state index contributed by atoms with van der Waals surface area (Å²) < 4.78 is 1.26. The highest BCUT2D eigenvalue weighted by molar-refractivity contribution is 7.20. The Kier molecular flexibility index (Phi) is 4.22. The van der Waals surface area contributed by atoms with Crippen molar-refractivity contribution < 1.29 is 0 Å². The standard InChI is InChI=1S/C30H29N3S/c1-17-14-22-19(16-23-24(31)10-12-33-13-11-30(2,3)26(22)27(23)33)15-21(17)29-32-25-9-8-18-6-4-5-7-20(18)28(25)34-29/h4-9,15-16,24H,1,10-14,31H2,2-3H3. The van der Waals surface area contributed by atoms with Crippen molar-refractivity contribution in [2.45, 2.75) is 44.6 Å². The lowest BCUT2D eigenvalue weighted by Crippen LogP contribution is -2.43.